The number of amides is 1. The van der Waals surface area contributed by atoms with E-state index in [4.69, 9.17) is 10.0 Å². The molecule has 0 radical (unpaired) electrons. The van der Waals surface area contributed by atoms with Crippen LogP contribution in [0.15, 0.2) is 0 Å². The van der Waals surface area contributed by atoms with Crippen molar-refractivity contribution in [3.8, 4) is 0 Å². The minimum atomic E-state index is -1.77. The topological polar surface area (TPSA) is 93.6 Å². The van der Waals surface area contributed by atoms with Crippen LogP contribution in [0.4, 0.5) is 0 Å². The van der Waals surface area contributed by atoms with Gasteiger partial charge in [0.05, 0.1) is 6.54 Å². The van der Waals surface area contributed by atoms with Crippen LogP contribution in [0.1, 0.15) is 6.42 Å². The van der Waals surface area contributed by atoms with Crippen molar-refractivity contribution in [3.63, 3.8) is 0 Å². The van der Waals surface area contributed by atoms with Crippen molar-refractivity contribution in [2.45, 2.75) is 12.5 Å². The summed E-state index contributed by atoms with van der Waals surface area (Å²) in [6.45, 7) is 1.93. The molecule has 13 heavy (non-hydrogen) atoms. The summed E-state index contributed by atoms with van der Waals surface area (Å²) < 4.78 is 0. The van der Waals surface area contributed by atoms with Crippen LogP contribution < -0.4 is 15.9 Å². The number of hydrogen-bond donors (Lipinski definition) is 5. The average molecular weight is 187 g/mol. The molecule has 0 aromatic carbocycles. The van der Waals surface area contributed by atoms with Crippen molar-refractivity contribution in [2.75, 3.05) is 19.6 Å². The SMILES string of the molecule is O=C(CNC1CCNC1)NB(O)O. The number of carbonyl (C=O) groups is 1. The molecular weight excluding hydrogens is 173 g/mol. The standard InChI is InChI=1S/C6H14BN3O3/c11-6(10-7(12)13)4-9-5-1-2-8-3-5/h5,8-9,12-13H,1-4H2,(H,10,11). The van der Waals surface area contributed by atoms with Crippen LogP contribution in [0.25, 0.3) is 0 Å². The summed E-state index contributed by atoms with van der Waals surface area (Å²) in [7, 11) is -1.77. The second-order valence-corrected chi connectivity index (χ2v) is 3.01. The molecule has 1 rings (SSSR count). The highest BCUT2D eigenvalue weighted by atomic mass is 16.4. The minimum Gasteiger partial charge on any atom is -0.408 e. The van der Waals surface area contributed by atoms with Gasteiger partial charge in [-0.15, -0.1) is 0 Å². The molecule has 1 heterocycles. The van der Waals surface area contributed by atoms with Gasteiger partial charge in [0.15, 0.2) is 0 Å². The maximum Gasteiger partial charge on any atom is 0.587 e. The molecule has 1 amide bonds. The van der Waals surface area contributed by atoms with Gasteiger partial charge in [0.1, 0.15) is 0 Å². The number of nitrogens with one attached hydrogen (secondary N) is 3. The quantitative estimate of drug-likeness (QED) is 0.303. The van der Waals surface area contributed by atoms with Crippen LogP contribution >= 0.6 is 0 Å². The van der Waals surface area contributed by atoms with Gasteiger partial charge in [-0.1, -0.05) is 0 Å². The van der Waals surface area contributed by atoms with E-state index in [-0.39, 0.29) is 6.54 Å². The molecule has 0 aliphatic carbocycles. The Labute approximate surface area is 76.9 Å². The van der Waals surface area contributed by atoms with E-state index >= 15 is 0 Å². The Morgan fingerprint density at radius 3 is 2.92 bits per heavy atom. The largest absolute Gasteiger partial charge is 0.587 e. The van der Waals surface area contributed by atoms with Gasteiger partial charge in [-0.2, -0.15) is 0 Å². The van der Waals surface area contributed by atoms with Crippen molar-refractivity contribution >= 4 is 13.2 Å². The molecule has 5 N–H and O–H groups in total. The molecule has 0 saturated carbocycles. The molecule has 1 aliphatic heterocycles. The van der Waals surface area contributed by atoms with Gasteiger partial charge in [0.25, 0.3) is 0 Å². The Morgan fingerprint density at radius 2 is 2.38 bits per heavy atom. The van der Waals surface area contributed by atoms with Crippen molar-refractivity contribution < 1.29 is 14.8 Å². The van der Waals surface area contributed by atoms with Gasteiger partial charge in [-0.25, -0.2) is 0 Å². The summed E-state index contributed by atoms with van der Waals surface area (Å²) in [6, 6.07) is 0.307. The predicted molar refractivity (Wildman–Crippen MR) is 47.6 cm³/mol. The Kier molecular flexibility index (Phi) is 4.17. The number of carbonyl (C=O) groups excluding carboxylic acids is 1. The summed E-state index contributed by atoms with van der Waals surface area (Å²) in [5, 5.41) is 24.9. The monoisotopic (exact) mass is 187 g/mol. The molecule has 1 atom stereocenters. The predicted octanol–water partition coefficient (Wildman–Crippen LogP) is -2.98. The van der Waals surface area contributed by atoms with E-state index in [1.807, 2.05) is 5.23 Å². The molecule has 1 aliphatic rings. The van der Waals surface area contributed by atoms with Crippen molar-refractivity contribution in [1.82, 2.24) is 15.9 Å². The van der Waals surface area contributed by atoms with Gasteiger partial charge in [0, 0.05) is 12.6 Å². The summed E-state index contributed by atoms with van der Waals surface area (Å²) in [4.78, 5) is 10.9. The zero-order valence-corrected chi connectivity index (χ0v) is 7.29. The summed E-state index contributed by atoms with van der Waals surface area (Å²) >= 11 is 0. The van der Waals surface area contributed by atoms with Crippen LogP contribution in [-0.2, 0) is 4.79 Å². The highest BCUT2D eigenvalue weighted by Gasteiger charge is 2.16. The number of hydrogen-bond acceptors (Lipinski definition) is 5. The van der Waals surface area contributed by atoms with E-state index in [1.54, 1.807) is 0 Å². The third-order valence-corrected chi connectivity index (χ3v) is 1.90. The molecule has 1 fully saturated rings. The fraction of sp³-hybridized carbons (Fsp3) is 0.833. The molecule has 1 saturated heterocycles. The Balaban J connectivity index is 2.07. The lowest BCUT2D eigenvalue weighted by atomic mass is 10.1. The van der Waals surface area contributed by atoms with Gasteiger partial charge >= 0.3 is 7.25 Å². The molecule has 6 nitrogen and oxygen atoms in total. The Morgan fingerprint density at radius 1 is 1.62 bits per heavy atom. The normalized spacial score (nSPS) is 21.5. The highest BCUT2D eigenvalue weighted by molar-refractivity contribution is 6.42. The zero-order valence-electron chi connectivity index (χ0n) is 7.29. The first-order valence-corrected chi connectivity index (χ1v) is 4.28. The fourth-order valence-electron chi connectivity index (χ4n) is 1.26. The van der Waals surface area contributed by atoms with E-state index in [0.717, 1.165) is 19.5 Å². The number of rotatable bonds is 4. The van der Waals surface area contributed by atoms with Gasteiger partial charge < -0.3 is 25.9 Å². The first-order chi connectivity index (χ1) is 6.18. The minimum absolute atomic E-state index is 0.115. The lowest BCUT2D eigenvalue weighted by Gasteiger charge is -2.10. The summed E-state index contributed by atoms with van der Waals surface area (Å²) in [6.07, 6.45) is 0.995. The third kappa shape index (κ3) is 4.23. The van der Waals surface area contributed by atoms with E-state index in [0.29, 0.717) is 6.04 Å². The molecule has 7 heteroatoms. The lowest BCUT2D eigenvalue weighted by Crippen LogP contribution is -2.46. The van der Waals surface area contributed by atoms with E-state index in [1.165, 1.54) is 0 Å². The van der Waals surface area contributed by atoms with Gasteiger partial charge in [-0.05, 0) is 13.0 Å². The van der Waals surface area contributed by atoms with Crippen LogP contribution in [-0.4, -0.2) is 48.9 Å². The maximum atomic E-state index is 10.9. The van der Waals surface area contributed by atoms with E-state index in [2.05, 4.69) is 10.6 Å². The second-order valence-electron chi connectivity index (χ2n) is 3.01. The smallest absolute Gasteiger partial charge is 0.408 e. The average Bonchev–Trinajstić information content (AvgIpc) is 2.51. The Bertz CT molecular complexity index is 173. The molecule has 0 bridgehead atoms. The van der Waals surface area contributed by atoms with Gasteiger partial charge in [-0.3, -0.25) is 4.79 Å². The van der Waals surface area contributed by atoms with Crippen molar-refractivity contribution in [3.05, 3.63) is 0 Å². The molecule has 1 unspecified atom stereocenters. The highest BCUT2D eigenvalue weighted by Crippen LogP contribution is 1.95. The summed E-state index contributed by atoms with van der Waals surface area (Å²) in [5.41, 5.74) is 0. The molecule has 0 aromatic rings. The zero-order chi connectivity index (χ0) is 9.68. The summed E-state index contributed by atoms with van der Waals surface area (Å²) in [5.74, 6) is -0.415. The van der Waals surface area contributed by atoms with Crippen LogP contribution in [0.3, 0.4) is 0 Å². The lowest BCUT2D eigenvalue weighted by molar-refractivity contribution is -0.119. The van der Waals surface area contributed by atoms with Gasteiger partial charge in [0.2, 0.25) is 5.91 Å². The van der Waals surface area contributed by atoms with E-state index in [9.17, 15) is 4.79 Å². The molecule has 74 valence electrons. The first-order valence-electron chi connectivity index (χ1n) is 4.28. The Hall–Kier alpha value is -0.625. The van der Waals surface area contributed by atoms with Crippen molar-refractivity contribution in [2.24, 2.45) is 0 Å². The first kappa shape index (κ1) is 10.5. The molecule has 0 spiro atoms. The second kappa shape index (κ2) is 5.18. The van der Waals surface area contributed by atoms with Crippen LogP contribution in [0, 0.1) is 0 Å². The van der Waals surface area contributed by atoms with Crippen molar-refractivity contribution in [1.29, 1.82) is 0 Å². The maximum absolute atomic E-state index is 10.9. The van der Waals surface area contributed by atoms with Crippen LogP contribution in [0.2, 0.25) is 0 Å². The van der Waals surface area contributed by atoms with Crippen LogP contribution in [0.5, 0.6) is 0 Å². The molecule has 0 aromatic heterocycles. The fourth-order valence-corrected chi connectivity index (χ4v) is 1.26. The van der Waals surface area contributed by atoms with E-state index < -0.39 is 13.2 Å². The third-order valence-electron chi connectivity index (χ3n) is 1.90. The molecular formula is C6H14BN3O3.